The minimum Gasteiger partial charge on any atom is -0.497 e. The lowest BCUT2D eigenvalue weighted by Gasteiger charge is -2.22. The van der Waals surface area contributed by atoms with E-state index in [0.717, 1.165) is 33.4 Å². The molecule has 0 unspecified atom stereocenters. The van der Waals surface area contributed by atoms with Crippen LogP contribution in [0.2, 0.25) is 0 Å². The third-order valence-corrected chi connectivity index (χ3v) is 5.37. The van der Waals surface area contributed by atoms with E-state index in [2.05, 4.69) is 9.88 Å². The van der Waals surface area contributed by atoms with Gasteiger partial charge in [-0.25, -0.2) is 9.78 Å². The zero-order chi connectivity index (χ0) is 20.2. The Labute approximate surface area is 172 Å². The summed E-state index contributed by atoms with van der Waals surface area (Å²) in [4.78, 5) is 17.6. The SMILES string of the molecule is COc1ccc(CN(Cc2ccc3c(c2)OCO3)Cc2nc(C(=O)O)cs2)cc1. The number of ether oxygens (including phenoxy) is 3. The molecule has 0 atom stereocenters. The molecule has 4 rings (SSSR count). The fourth-order valence-corrected chi connectivity index (χ4v) is 3.94. The maximum Gasteiger partial charge on any atom is 0.355 e. The largest absolute Gasteiger partial charge is 0.497 e. The quantitative estimate of drug-likeness (QED) is 0.603. The topological polar surface area (TPSA) is 81.1 Å². The van der Waals surface area contributed by atoms with Crippen LogP contribution in [0.5, 0.6) is 17.2 Å². The molecule has 2 heterocycles. The summed E-state index contributed by atoms with van der Waals surface area (Å²) in [5.41, 5.74) is 2.29. The van der Waals surface area contributed by atoms with Gasteiger partial charge in [-0.15, -0.1) is 11.3 Å². The number of thiazole rings is 1. The Hall–Kier alpha value is -3.10. The van der Waals surface area contributed by atoms with Crippen molar-refractivity contribution in [1.29, 1.82) is 0 Å². The zero-order valence-electron chi connectivity index (χ0n) is 15.8. The van der Waals surface area contributed by atoms with Gasteiger partial charge in [-0.2, -0.15) is 0 Å². The molecule has 0 aliphatic carbocycles. The monoisotopic (exact) mass is 412 g/mol. The van der Waals surface area contributed by atoms with Gasteiger partial charge in [0.05, 0.1) is 13.7 Å². The highest BCUT2D eigenvalue weighted by molar-refractivity contribution is 7.09. The summed E-state index contributed by atoms with van der Waals surface area (Å²) < 4.78 is 16.1. The van der Waals surface area contributed by atoms with Crippen LogP contribution in [0.4, 0.5) is 0 Å². The molecule has 150 valence electrons. The van der Waals surface area contributed by atoms with Gasteiger partial charge in [0.25, 0.3) is 0 Å². The number of nitrogens with zero attached hydrogens (tertiary/aromatic N) is 2. The third-order valence-electron chi connectivity index (χ3n) is 4.54. The van der Waals surface area contributed by atoms with E-state index in [0.29, 0.717) is 19.6 Å². The van der Waals surface area contributed by atoms with E-state index in [1.807, 2.05) is 42.5 Å². The maximum atomic E-state index is 11.1. The Bertz CT molecular complexity index is 1000. The van der Waals surface area contributed by atoms with Crippen LogP contribution in [0, 0.1) is 0 Å². The van der Waals surface area contributed by atoms with Crippen LogP contribution in [0.15, 0.2) is 47.8 Å². The first-order valence-electron chi connectivity index (χ1n) is 9.02. The van der Waals surface area contributed by atoms with Gasteiger partial charge in [-0.05, 0) is 35.4 Å². The van der Waals surface area contributed by atoms with E-state index in [9.17, 15) is 4.79 Å². The minimum absolute atomic E-state index is 0.0810. The van der Waals surface area contributed by atoms with Crippen molar-refractivity contribution in [2.75, 3.05) is 13.9 Å². The van der Waals surface area contributed by atoms with Gasteiger partial charge >= 0.3 is 5.97 Å². The molecule has 0 spiro atoms. The van der Waals surface area contributed by atoms with Gasteiger partial charge < -0.3 is 19.3 Å². The molecule has 7 nitrogen and oxygen atoms in total. The predicted octanol–water partition coefficient (Wildman–Crippen LogP) is 3.78. The van der Waals surface area contributed by atoms with Crippen molar-refractivity contribution in [3.8, 4) is 17.2 Å². The molecule has 8 heteroatoms. The summed E-state index contributed by atoms with van der Waals surface area (Å²) in [5, 5.41) is 11.5. The number of methoxy groups -OCH3 is 1. The molecule has 0 fully saturated rings. The van der Waals surface area contributed by atoms with E-state index < -0.39 is 5.97 Å². The second kappa shape index (κ2) is 8.50. The summed E-state index contributed by atoms with van der Waals surface area (Å²) in [6.45, 7) is 2.12. The molecular weight excluding hydrogens is 392 g/mol. The van der Waals surface area contributed by atoms with Crippen LogP contribution in [0.25, 0.3) is 0 Å². The maximum absolute atomic E-state index is 11.1. The fourth-order valence-electron chi connectivity index (χ4n) is 3.13. The van der Waals surface area contributed by atoms with E-state index in [-0.39, 0.29) is 12.5 Å². The normalized spacial score (nSPS) is 12.3. The number of hydrogen-bond donors (Lipinski definition) is 1. The van der Waals surface area contributed by atoms with Crippen LogP contribution in [-0.2, 0) is 19.6 Å². The molecule has 0 bridgehead atoms. The molecule has 3 aromatic rings. The molecule has 0 amide bonds. The number of rotatable bonds is 8. The Morgan fingerprint density at radius 1 is 1.10 bits per heavy atom. The first-order valence-corrected chi connectivity index (χ1v) is 9.90. The zero-order valence-corrected chi connectivity index (χ0v) is 16.6. The van der Waals surface area contributed by atoms with Crippen LogP contribution < -0.4 is 14.2 Å². The van der Waals surface area contributed by atoms with Crippen molar-refractivity contribution < 1.29 is 24.1 Å². The van der Waals surface area contributed by atoms with Crippen LogP contribution in [0.1, 0.15) is 26.6 Å². The minimum atomic E-state index is -1.01. The molecule has 0 saturated carbocycles. The van der Waals surface area contributed by atoms with Crippen molar-refractivity contribution in [1.82, 2.24) is 9.88 Å². The fraction of sp³-hybridized carbons (Fsp3) is 0.238. The number of hydrogen-bond acceptors (Lipinski definition) is 7. The van der Waals surface area contributed by atoms with E-state index in [4.69, 9.17) is 19.3 Å². The summed E-state index contributed by atoms with van der Waals surface area (Å²) in [7, 11) is 1.64. The summed E-state index contributed by atoms with van der Waals surface area (Å²) in [6.07, 6.45) is 0. The van der Waals surface area contributed by atoms with E-state index in [1.54, 1.807) is 12.5 Å². The van der Waals surface area contributed by atoms with Gasteiger partial charge in [0, 0.05) is 18.5 Å². The van der Waals surface area contributed by atoms with Gasteiger partial charge in [-0.3, -0.25) is 4.90 Å². The second-order valence-corrected chi connectivity index (χ2v) is 7.56. The van der Waals surface area contributed by atoms with Crippen LogP contribution in [-0.4, -0.2) is 34.9 Å². The van der Waals surface area contributed by atoms with E-state index >= 15 is 0 Å². The highest BCUT2D eigenvalue weighted by Crippen LogP contribution is 2.33. The number of benzene rings is 2. The first-order chi connectivity index (χ1) is 14.1. The average molecular weight is 412 g/mol. The van der Waals surface area contributed by atoms with E-state index in [1.165, 1.54) is 11.3 Å². The molecule has 2 aromatic carbocycles. The van der Waals surface area contributed by atoms with Crippen molar-refractivity contribution >= 4 is 17.3 Å². The lowest BCUT2D eigenvalue weighted by atomic mass is 10.1. The summed E-state index contributed by atoms with van der Waals surface area (Å²) in [6, 6.07) is 13.8. The van der Waals surface area contributed by atoms with Crippen LogP contribution >= 0.6 is 11.3 Å². The second-order valence-electron chi connectivity index (χ2n) is 6.61. The number of fused-ring (bicyclic) bond motifs is 1. The van der Waals surface area contributed by atoms with Gasteiger partial charge in [0.1, 0.15) is 10.8 Å². The molecule has 1 aliphatic heterocycles. The lowest BCUT2D eigenvalue weighted by Crippen LogP contribution is -2.22. The Kier molecular flexibility index (Phi) is 5.64. The standard InChI is InChI=1S/C21H20N2O5S/c1-26-16-5-2-14(3-6-16)9-23(11-20-22-17(12-29-20)21(24)25)10-15-4-7-18-19(8-15)28-13-27-18/h2-8,12H,9-11,13H2,1H3,(H,24,25). The molecule has 1 aliphatic rings. The van der Waals surface area contributed by atoms with Crippen LogP contribution in [0.3, 0.4) is 0 Å². The molecular formula is C21H20N2O5S. The number of carboxylic acid groups (broad SMARTS) is 1. The Balaban J connectivity index is 1.54. The van der Waals surface area contributed by atoms with Gasteiger partial charge in [0.2, 0.25) is 6.79 Å². The summed E-state index contributed by atoms with van der Waals surface area (Å²) >= 11 is 1.36. The average Bonchev–Trinajstić information content (AvgIpc) is 3.37. The smallest absolute Gasteiger partial charge is 0.355 e. The third kappa shape index (κ3) is 4.67. The summed E-state index contributed by atoms with van der Waals surface area (Å²) in [5.74, 6) is 1.29. The first kappa shape index (κ1) is 19.2. The molecule has 0 saturated heterocycles. The van der Waals surface area contributed by atoms with Crippen molar-refractivity contribution in [2.24, 2.45) is 0 Å². The number of carboxylic acids is 1. The van der Waals surface area contributed by atoms with Crippen molar-refractivity contribution in [3.63, 3.8) is 0 Å². The number of aromatic carboxylic acids is 1. The molecule has 1 aromatic heterocycles. The Morgan fingerprint density at radius 3 is 2.55 bits per heavy atom. The molecule has 1 N–H and O–H groups in total. The highest BCUT2D eigenvalue weighted by atomic mass is 32.1. The lowest BCUT2D eigenvalue weighted by molar-refractivity contribution is 0.0691. The molecule has 0 radical (unpaired) electrons. The van der Waals surface area contributed by atoms with Gasteiger partial charge in [0.15, 0.2) is 17.2 Å². The number of carbonyl (C=O) groups is 1. The van der Waals surface area contributed by atoms with Crippen molar-refractivity contribution in [2.45, 2.75) is 19.6 Å². The molecule has 29 heavy (non-hydrogen) atoms. The predicted molar refractivity (Wildman–Crippen MR) is 108 cm³/mol. The highest BCUT2D eigenvalue weighted by Gasteiger charge is 2.17. The Morgan fingerprint density at radius 2 is 1.83 bits per heavy atom. The van der Waals surface area contributed by atoms with Crippen molar-refractivity contribution in [3.05, 3.63) is 69.7 Å². The number of aromatic nitrogens is 1. The van der Waals surface area contributed by atoms with Gasteiger partial charge in [-0.1, -0.05) is 18.2 Å².